The summed E-state index contributed by atoms with van der Waals surface area (Å²) in [6.07, 6.45) is 2.27. The average Bonchev–Trinajstić information content (AvgIpc) is 3.44. The Hall–Kier alpha value is -2.86. The molecular formula is C21H23N3O3. The van der Waals surface area contributed by atoms with E-state index in [2.05, 4.69) is 10.6 Å². The summed E-state index contributed by atoms with van der Waals surface area (Å²) in [4.78, 5) is 24.8. The van der Waals surface area contributed by atoms with Crippen molar-refractivity contribution in [2.75, 3.05) is 11.9 Å². The van der Waals surface area contributed by atoms with Crippen molar-refractivity contribution in [3.8, 4) is 5.75 Å². The number of carbonyl (C=O) groups is 2. The van der Waals surface area contributed by atoms with Crippen LogP contribution in [0.5, 0.6) is 5.75 Å². The van der Waals surface area contributed by atoms with E-state index < -0.39 is 6.10 Å². The number of anilines is 1. The van der Waals surface area contributed by atoms with Gasteiger partial charge in [-0.1, -0.05) is 24.3 Å². The first-order valence-electron chi connectivity index (χ1n) is 9.29. The number of nitrogens with one attached hydrogen (secondary N) is 2. The molecule has 1 aliphatic carbocycles. The highest BCUT2D eigenvalue weighted by Gasteiger charge is 2.29. The number of amides is 2. The van der Waals surface area contributed by atoms with Crippen LogP contribution < -0.4 is 21.1 Å². The summed E-state index contributed by atoms with van der Waals surface area (Å²) in [5.41, 5.74) is 8.11. The molecule has 1 heterocycles. The smallest absolute Gasteiger partial charge is 0.265 e. The van der Waals surface area contributed by atoms with Gasteiger partial charge in [-0.25, -0.2) is 0 Å². The highest BCUT2D eigenvalue weighted by molar-refractivity contribution is 5.98. The zero-order valence-electron chi connectivity index (χ0n) is 15.0. The normalized spacial score (nSPS) is 18.9. The number of ether oxygens (including phenoxy) is 1. The van der Waals surface area contributed by atoms with Crippen LogP contribution in [0.1, 0.15) is 28.8 Å². The molecule has 0 spiro atoms. The zero-order chi connectivity index (χ0) is 18.8. The average molecular weight is 365 g/mol. The van der Waals surface area contributed by atoms with Gasteiger partial charge in [0.2, 0.25) is 0 Å². The standard InChI is InChI=1S/C21H23N3O3/c22-17(13-8-9-13)12-23-20(25)15-5-3-6-16(10-15)24-21(26)19-11-14-4-1-2-7-18(14)27-19/h1-7,10,13,17,19H,8-9,11-12,22H2,(H,23,25)(H,24,26). The summed E-state index contributed by atoms with van der Waals surface area (Å²) >= 11 is 0. The molecule has 0 aromatic heterocycles. The molecule has 0 bridgehead atoms. The van der Waals surface area contributed by atoms with Crippen molar-refractivity contribution in [2.45, 2.75) is 31.4 Å². The maximum absolute atomic E-state index is 12.5. The summed E-state index contributed by atoms with van der Waals surface area (Å²) in [7, 11) is 0. The molecule has 4 N–H and O–H groups in total. The maximum atomic E-state index is 12.5. The van der Waals surface area contributed by atoms with E-state index in [9.17, 15) is 9.59 Å². The fourth-order valence-electron chi connectivity index (χ4n) is 3.29. The summed E-state index contributed by atoms with van der Waals surface area (Å²) in [6, 6.07) is 14.5. The van der Waals surface area contributed by atoms with E-state index >= 15 is 0 Å². The van der Waals surface area contributed by atoms with Gasteiger partial charge in [0.25, 0.3) is 11.8 Å². The Kier molecular flexibility index (Phi) is 4.81. The lowest BCUT2D eigenvalue weighted by Gasteiger charge is -2.13. The molecular weight excluding hydrogens is 342 g/mol. The van der Waals surface area contributed by atoms with Gasteiger partial charge >= 0.3 is 0 Å². The fraction of sp³-hybridized carbons (Fsp3) is 0.333. The summed E-state index contributed by atoms with van der Waals surface area (Å²) in [5.74, 6) is 0.871. The lowest BCUT2D eigenvalue weighted by Crippen LogP contribution is -2.38. The number of nitrogens with two attached hydrogens (primary N) is 1. The number of para-hydroxylation sites is 1. The quantitative estimate of drug-likeness (QED) is 0.731. The van der Waals surface area contributed by atoms with Gasteiger partial charge in [0.15, 0.2) is 6.10 Å². The summed E-state index contributed by atoms with van der Waals surface area (Å²) < 4.78 is 5.71. The first kappa shape index (κ1) is 17.5. The Morgan fingerprint density at radius 3 is 2.74 bits per heavy atom. The number of fused-ring (bicyclic) bond motifs is 1. The predicted molar refractivity (Wildman–Crippen MR) is 103 cm³/mol. The molecule has 4 rings (SSSR count). The highest BCUT2D eigenvalue weighted by atomic mass is 16.5. The van der Waals surface area contributed by atoms with Crippen LogP contribution >= 0.6 is 0 Å². The topological polar surface area (TPSA) is 93.5 Å². The van der Waals surface area contributed by atoms with E-state index in [1.807, 2.05) is 24.3 Å². The van der Waals surface area contributed by atoms with Crippen LogP contribution in [0.15, 0.2) is 48.5 Å². The summed E-state index contributed by atoms with van der Waals surface area (Å²) in [5, 5.41) is 5.70. The number of hydrogen-bond acceptors (Lipinski definition) is 4. The van der Waals surface area contributed by atoms with E-state index in [-0.39, 0.29) is 17.9 Å². The van der Waals surface area contributed by atoms with Crippen LogP contribution in [-0.2, 0) is 11.2 Å². The first-order chi connectivity index (χ1) is 13.1. The molecule has 2 atom stereocenters. The molecule has 0 radical (unpaired) electrons. The first-order valence-corrected chi connectivity index (χ1v) is 9.29. The largest absolute Gasteiger partial charge is 0.480 e. The van der Waals surface area contributed by atoms with Crippen molar-refractivity contribution >= 4 is 17.5 Å². The van der Waals surface area contributed by atoms with Crippen LogP contribution in [0.25, 0.3) is 0 Å². The Bertz CT molecular complexity index is 838. The van der Waals surface area contributed by atoms with Crippen LogP contribution in [0.2, 0.25) is 0 Å². The molecule has 1 saturated carbocycles. The lowest BCUT2D eigenvalue weighted by atomic mass is 10.1. The molecule has 2 aromatic carbocycles. The van der Waals surface area contributed by atoms with Gasteiger partial charge in [-0.2, -0.15) is 0 Å². The molecule has 6 heteroatoms. The van der Waals surface area contributed by atoms with Gasteiger partial charge in [0, 0.05) is 30.3 Å². The van der Waals surface area contributed by atoms with Crippen molar-refractivity contribution in [1.29, 1.82) is 0 Å². The molecule has 0 saturated heterocycles. The van der Waals surface area contributed by atoms with Crippen molar-refractivity contribution in [3.63, 3.8) is 0 Å². The van der Waals surface area contributed by atoms with E-state index in [0.717, 1.165) is 24.2 Å². The van der Waals surface area contributed by atoms with E-state index in [0.29, 0.717) is 30.1 Å². The molecule has 2 unspecified atom stereocenters. The third-order valence-electron chi connectivity index (χ3n) is 5.06. The Labute approximate surface area is 158 Å². The number of hydrogen-bond donors (Lipinski definition) is 3. The van der Waals surface area contributed by atoms with Gasteiger partial charge in [-0.15, -0.1) is 0 Å². The number of carbonyl (C=O) groups excluding carboxylic acids is 2. The van der Waals surface area contributed by atoms with Gasteiger partial charge in [-0.3, -0.25) is 9.59 Å². The fourth-order valence-corrected chi connectivity index (χ4v) is 3.29. The van der Waals surface area contributed by atoms with Gasteiger partial charge in [-0.05, 0) is 48.6 Å². The van der Waals surface area contributed by atoms with E-state index in [4.69, 9.17) is 10.5 Å². The van der Waals surface area contributed by atoms with Crippen molar-refractivity contribution in [2.24, 2.45) is 11.7 Å². The van der Waals surface area contributed by atoms with Crippen molar-refractivity contribution < 1.29 is 14.3 Å². The van der Waals surface area contributed by atoms with Crippen LogP contribution in [-0.4, -0.2) is 30.5 Å². The second kappa shape index (κ2) is 7.40. The molecule has 2 aromatic rings. The van der Waals surface area contributed by atoms with Gasteiger partial charge in [0.1, 0.15) is 5.75 Å². The minimum atomic E-state index is -0.559. The summed E-state index contributed by atoms with van der Waals surface area (Å²) in [6.45, 7) is 0.467. The lowest BCUT2D eigenvalue weighted by molar-refractivity contribution is -0.122. The predicted octanol–water partition coefficient (Wildman–Crippen LogP) is 2.10. The number of benzene rings is 2. The molecule has 2 aliphatic rings. The van der Waals surface area contributed by atoms with Crippen molar-refractivity contribution in [3.05, 3.63) is 59.7 Å². The van der Waals surface area contributed by atoms with Crippen LogP contribution in [0.4, 0.5) is 5.69 Å². The maximum Gasteiger partial charge on any atom is 0.265 e. The van der Waals surface area contributed by atoms with E-state index in [1.165, 1.54) is 0 Å². The Balaban J connectivity index is 1.35. The second-order valence-corrected chi connectivity index (χ2v) is 7.20. The van der Waals surface area contributed by atoms with Crippen molar-refractivity contribution in [1.82, 2.24) is 5.32 Å². The molecule has 6 nitrogen and oxygen atoms in total. The zero-order valence-corrected chi connectivity index (χ0v) is 15.0. The second-order valence-electron chi connectivity index (χ2n) is 7.20. The van der Waals surface area contributed by atoms with Gasteiger partial charge in [0.05, 0.1) is 0 Å². The Morgan fingerprint density at radius 1 is 1.15 bits per heavy atom. The van der Waals surface area contributed by atoms with Crippen LogP contribution in [0, 0.1) is 5.92 Å². The third-order valence-corrected chi connectivity index (χ3v) is 5.06. The Morgan fingerprint density at radius 2 is 1.96 bits per heavy atom. The third kappa shape index (κ3) is 4.11. The highest BCUT2D eigenvalue weighted by Crippen LogP contribution is 2.31. The molecule has 2 amide bonds. The molecule has 1 fully saturated rings. The monoisotopic (exact) mass is 365 g/mol. The molecule has 1 aliphatic heterocycles. The minimum Gasteiger partial charge on any atom is -0.480 e. The molecule has 27 heavy (non-hydrogen) atoms. The van der Waals surface area contributed by atoms with E-state index in [1.54, 1.807) is 24.3 Å². The SMILES string of the molecule is NC(CNC(=O)c1cccc(NC(=O)C2Cc3ccccc3O2)c1)C1CC1. The molecule has 140 valence electrons. The number of rotatable bonds is 6. The van der Waals surface area contributed by atoms with Crippen LogP contribution in [0.3, 0.4) is 0 Å². The van der Waals surface area contributed by atoms with Gasteiger partial charge < -0.3 is 21.1 Å². The minimum absolute atomic E-state index is 0.0120.